The number of rotatable bonds is 10. The maximum absolute atomic E-state index is 13.7. The van der Waals surface area contributed by atoms with Gasteiger partial charge >= 0.3 is 0 Å². The van der Waals surface area contributed by atoms with Crippen LogP contribution in [-0.4, -0.2) is 56.6 Å². The average Bonchev–Trinajstić information content (AvgIpc) is 2.76. The van der Waals surface area contributed by atoms with Gasteiger partial charge in [-0.1, -0.05) is 30.7 Å². The third-order valence-electron chi connectivity index (χ3n) is 5.16. The molecule has 0 radical (unpaired) electrons. The smallest absolute Gasteiger partial charge is 0.244 e. The fraction of sp³-hybridized carbons (Fsp3) is 0.440. The SMILES string of the molecule is CC[C@@H](C(=O)NC(C)(C)C)N(Cc1cccc(OC)c1)C(=O)CN(c1ccc(Cl)cc1)S(C)(=O)=O. The third-order valence-corrected chi connectivity index (χ3v) is 6.56. The number of benzene rings is 2. The van der Waals surface area contributed by atoms with E-state index in [2.05, 4.69) is 5.32 Å². The Bertz CT molecular complexity index is 1130. The highest BCUT2D eigenvalue weighted by Gasteiger charge is 2.33. The molecule has 1 N–H and O–H groups in total. The lowest BCUT2D eigenvalue weighted by Crippen LogP contribution is -2.55. The Labute approximate surface area is 213 Å². The standard InChI is InChI=1S/C25H34ClN3O5S/c1-7-22(24(31)27-25(2,3)4)28(16-18-9-8-10-21(15-18)34-5)23(30)17-29(35(6,32)33)20-13-11-19(26)12-14-20/h8-15,22H,7,16-17H2,1-6H3,(H,27,31)/t22-/m0/s1. The van der Waals surface area contributed by atoms with Crippen LogP contribution in [0.3, 0.4) is 0 Å². The van der Waals surface area contributed by atoms with Crippen molar-refractivity contribution in [1.29, 1.82) is 0 Å². The van der Waals surface area contributed by atoms with Gasteiger partial charge < -0.3 is 15.0 Å². The highest BCUT2D eigenvalue weighted by molar-refractivity contribution is 7.92. The van der Waals surface area contributed by atoms with Crippen molar-refractivity contribution in [3.63, 3.8) is 0 Å². The van der Waals surface area contributed by atoms with Gasteiger partial charge in [0.15, 0.2) is 0 Å². The molecule has 0 heterocycles. The van der Waals surface area contributed by atoms with Crippen molar-refractivity contribution in [3.05, 3.63) is 59.1 Å². The molecule has 0 aliphatic heterocycles. The van der Waals surface area contributed by atoms with Gasteiger partial charge in [-0.3, -0.25) is 13.9 Å². The van der Waals surface area contributed by atoms with Gasteiger partial charge in [-0.2, -0.15) is 0 Å². The van der Waals surface area contributed by atoms with Gasteiger partial charge in [0.05, 0.1) is 19.1 Å². The Morgan fingerprint density at radius 2 is 1.74 bits per heavy atom. The van der Waals surface area contributed by atoms with Crippen LogP contribution >= 0.6 is 11.6 Å². The van der Waals surface area contributed by atoms with Crippen LogP contribution in [0.4, 0.5) is 5.69 Å². The number of nitrogens with one attached hydrogen (secondary N) is 1. The molecule has 0 unspecified atom stereocenters. The first kappa shape index (κ1) is 28.5. The van der Waals surface area contributed by atoms with Crippen LogP contribution in [0, 0.1) is 0 Å². The monoisotopic (exact) mass is 523 g/mol. The molecule has 2 amide bonds. The first-order valence-electron chi connectivity index (χ1n) is 11.2. The Hall–Kier alpha value is -2.78. The molecule has 2 rings (SSSR count). The van der Waals surface area contributed by atoms with Gasteiger partial charge in [-0.05, 0) is 69.2 Å². The molecule has 0 bridgehead atoms. The molecule has 8 nitrogen and oxygen atoms in total. The van der Waals surface area contributed by atoms with E-state index in [4.69, 9.17) is 16.3 Å². The summed E-state index contributed by atoms with van der Waals surface area (Å²) in [6.07, 6.45) is 1.38. The Morgan fingerprint density at radius 3 is 2.26 bits per heavy atom. The maximum Gasteiger partial charge on any atom is 0.244 e. The summed E-state index contributed by atoms with van der Waals surface area (Å²) in [6, 6.07) is 12.6. The molecule has 0 aliphatic rings. The molecule has 2 aromatic rings. The van der Waals surface area contributed by atoms with Gasteiger partial charge in [0.25, 0.3) is 0 Å². The number of carbonyl (C=O) groups is 2. The second-order valence-corrected chi connectivity index (χ2v) is 11.6. The van der Waals surface area contributed by atoms with Crippen LogP contribution in [-0.2, 0) is 26.2 Å². The zero-order chi connectivity index (χ0) is 26.4. The summed E-state index contributed by atoms with van der Waals surface area (Å²) < 4.78 is 31.5. The number of halogens is 1. The molecule has 0 aliphatic carbocycles. The van der Waals surface area contributed by atoms with Crippen molar-refractivity contribution in [3.8, 4) is 5.75 Å². The predicted octanol–water partition coefficient (Wildman–Crippen LogP) is 3.84. The number of carbonyl (C=O) groups excluding carboxylic acids is 2. The third kappa shape index (κ3) is 8.43. The number of anilines is 1. The van der Waals surface area contributed by atoms with Gasteiger partial charge in [0, 0.05) is 17.1 Å². The first-order chi connectivity index (χ1) is 16.2. The minimum absolute atomic E-state index is 0.102. The second kappa shape index (κ2) is 11.8. The van der Waals surface area contributed by atoms with Gasteiger partial charge in [-0.25, -0.2) is 8.42 Å². The van der Waals surface area contributed by atoms with Crippen LogP contribution in [0.15, 0.2) is 48.5 Å². The van der Waals surface area contributed by atoms with E-state index in [0.717, 1.165) is 16.1 Å². The van der Waals surface area contributed by atoms with E-state index in [1.807, 2.05) is 33.8 Å². The maximum atomic E-state index is 13.7. The number of methoxy groups -OCH3 is 1. The van der Waals surface area contributed by atoms with Crippen molar-refractivity contribution in [1.82, 2.24) is 10.2 Å². The van der Waals surface area contributed by atoms with Crippen molar-refractivity contribution in [2.45, 2.75) is 52.2 Å². The van der Waals surface area contributed by atoms with E-state index in [1.54, 1.807) is 37.4 Å². The number of amides is 2. The number of nitrogens with zero attached hydrogens (tertiary/aromatic N) is 2. The van der Waals surface area contributed by atoms with E-state index < -0.39 is 34.1 Å². The summed E-state index contributed by atoms with van der Waals surface area (Å²) in [4.78, 5) is 28.2. The molecular weight excluding hydrogens is 490 g/mol. The van der Waals surface area contributed by atoms with Crippen molar-refractivity contribution >= 4 is 39.1 Å². The summed E-state index contributed by atoms with van der Waals surface area (Å²) in [5.74, 6) is -0.209. The lowest BCUT2D eigenvalue weighted by Gasteiger charge is -2.34. The van der Waals surface area contributed by atoms with E-state index >= 15 is 0 Å². The zero-order valence-corrected chi connectivity index (χ0v) is 22.6. The number of hydrogen-bond donors (Lipinski definition) is 1. The summed E-state index contributed by atoms with van der Waals surface area (Å²) in [5.41, 5.74) is 0.549. The fourth-order valence-corrected chi connectivity index (χ4v) is 4.54. The lowest BCUT2D eigenvalue weighted by molar-refractivity contribution is -0.141. The summed E-state index contributed by atoms with van der Waals surface area (Å²) >= 11 is 5.95. The molecule has 0 saturated heterocycles. The molecule has 2 aromatic carbocycles. The number of ether oxygens (including phenoxy) is 1. The molecule has 192 valence electrons. The van der Waals surface area contributed by atoms with Crippen LogP contribution in [0.5, 0.6) is 5.75 Å². The molecule has 10 heteroatoms. The Balaban J connectivity index is 2.46. The topological polar surface area (TPSA) is 96.0 Å². The second-order valence-electron chi connectivity index (χ2n) is 9.28. The van der Waals surface area contributed by atoms with Crippen LogP contribution in [0.1, 0.15) is 39.7 Å². The van der Waals surface area contributed by atoms with E-state index in [-0.39, 0.29) is 12.5 Å². The van der Waals surface area contributed by atoms with E-state index in [9.17, 15) is 18.0 Å². The molecule has 0 saturated carbocycles. The first-order valence-corrected chi connectivity index (χ1v) is 13.5. The molecule has 0 spiro atoms. The minimum atomic E-state index is -3.80. The largest absolute Gasteiger partial charge is 0.497 e. The highest BCUT2D eigenvalue weighted by Crippen LogP contribution is 2.22. The Morgan fingerprint density at radius 1 is 1.11 bits per heavy atom. The zero-order valence-electron chi connectivity index (χ0n) is 21.0. The predicted molar refractivity (Wildman–Crippen MR) is 139 cm³/mol. The van der Waals surface area contributed by atoms with E-state index in [1.165, 1.54) is 17.0 Å². The molecule has 0 aromatic heterocycles. The number of hydrogen-bond acceptors (Lipinski definition) is 5. The molecular formula is C25H34ClN3O5S. The molecule has 1 atom stereocenters. The number of sulfonamides is 1. The van der Waals surface area contributed by atoms with Crippen molar-refractivity contribution in [2.24, 2.45) is 0 Å². The summed E-state index contributed by atoms with van der Waals surface area (Å²) in [6.45, 7) is 7.02. The molecule has 0 fully saturated rings. The normalized spacial score (nSPS) is 12.5. The van der Waals surface area contributed by atoms with E-state index in [0.29, 0.717) is 22.9 Å². The van der Waals surface area contributed by atoms with Crippen LogP contribution < -0.4 is 14.4 Å². The summed E-state index contributed by atoms with van der Waals surface area (Å²) in [5, 5.41) is 3.37. The van der Waals surface area contributed by atoms with Crippen molar-refractivity contribution in [2.75, 3.05) is 24.2 Å². The van der Waals surface area contributed by atoms with Gasteiger partial charge in [0.2, 0.25) is 21.8 Å². The van der Waals surface area contributed by atoms with Crippen LogP contribution in [0.25, 0.3) is 0 Å². The Kier molecular flexibility index (Phi) is 9.57. The fourth-order valence-electron chi connectivity index (χ4n) is 3.56. The van der Waals surface area contributed by atoms with Gasteiger partial charge in [0.1, 0.15) is 18.3 Å². The minimum Gasteiger partial charge on any atom is -0.497 e. The lowest BCUT2D eigenvalue weighted by atomic mass is 10.1. The average molecular weight is 524 g/mol. The van der Waals surface area contributed by atoms with Crippen molar-refractivity contribution < 1.29 is 22.7 Å². The summed E-state index contributed by atoms with van der Waals surface area (Å²) in [7, 11) is -2.26. The molecule has 35 heavy (non-hydrogen) atoms. The highest BCUT2D eigenvalue weighted by atomic mass is 35.5. The van der Waals surface area contributed by atoms with Gasteiger partial charge in [-0.15, -0.1) is 0 Å². The van der Waals surface area contributed by atoms with Crippen LogP contribution in [0.2, 0.25) is 5.02 Å². The quantitative estimate of drug-likeness (QED) is 0.510.